The smallest absolute Gasteiger partial charge is 0.339 e. The molecule has 1 atom stereocenters. The summed E-state index contributed by atoms with van der Waals surface area (Å²) in [6.07, 6.45) is 8.97. The van der Waals surface area contributed by atoms with Crippen molar-refractivity contribution >= 4 is 11.9 Å². The number of benzene rings is 1. The minimum atomic E-state index is -1.14. The van der Waals surface area contributed by atoms with E-state index in [0.29, 0.717) is 6.61 Å². The number of ether oxygens (including phenoxy) is 2. The predicted octanol–water partition coefficient (Wildman–Crippen LogP) is 3.28. The first-order chi connectivity index (χ1) is 10.7. The molecule has 1 aliphatic carbocycles. The van der Waals surface area contributed by atoms with Crippen LogP contribution in [0.2, 0.25) is 0 Å². The van der Waals surface area contributed by atoms with Gasteiger partial charge in [0.05, 0.1) is 17.7 Å². The molecule has 0 amide bonds. The van der Waals surface area contributed by atoms with Crippen LogP contribution in [0.3, 0.4) is 0 Å². The van der Waals surface area contributed by atoms with Gasteiger partial charge in [-0.3, -0.25) is 0 Å². The number of rotatable bonds is 4. The summed E-state index contributed by atoms with van der Waals surface area (Å²) in [6.45, 7) is 0.765. The molecule has 5 heteroatoms. The number of carbonyl (C=O) groups excluding carboxylic acids is 1. The minimum absolute atomic E-state index is 0.0269. The topological polar surface area (TPSA) is 76.1 Å². The van der Waals surface area contributed by atoms with E-state index in [-0.39, 0.29) is 23.8 Å². The molecule has 3 rings (SSSR count). The van der Waals surface area contributed by atoms with Gasteiger partial charge in [0.1, 0.15) is 12.7 Å². The van der Waals surface area contributed by atoms with Gasteiger partial charge in [0.25, 0.3) is 0 Å². The van der Waals surface area contributed by atoms with E-state index in [2.05, 4.69) is 0 Å². The molecule has 0 radical (unpaired) electrons. The van der Waals surface area contributed by atoms with Gasteiger partial charge in [-0.2, -0.15) is 0 Å². The highest BCUT2D eigenvalue weighted by molar-refractivity contribution is 6.02. The zero-order valence-electron chi connectivity index (χ0n) is 12.6. The van der Waals surface area contributed by atoms with Crippen molar-refractivity contribution in [1.29, 1.82) is 0 Å². The Morgan fingerprint density at radius 3 is 2.00 bits per heavy atom. The molecule has 1 saturated carbocycles. The molecular weight excluding hydrogens is 284 g/mol. The van der Waals surface area contributed by atoms with Crippen LogP contribution in [-0.4, -0.2) is 36.4 Å². The average molecular weight is 306 g/mol. The molecule has 0 bridgehead atoms. The lowest BCUT2D eigenvalue weighted by molar-refractivity contribution is 0.0467. The molecule has 2 fully saturated rings. The second-order valence-corrected chi connectivity index (χ2v) is 5.53. The molecule has 22 heavy (non-hydrogen) atoms. The van der Waals surface area contributed by atoms with Gasteiger partial charge in [-0.15, -0.1) is 0 Å². The Hall–Kier alpha value is -1.88. The summed E-state index contributed by atoms with van der Waals surface area (Å²) in [5.74, 6) is -1.77. The SMILES string of the molecule is C1CCCCC1.O=C(O)c1ccccc1C(=O)OCC1CO1. The monoisotopic (exact) mass is 306 g/mol. The highest BCUT2D eigenvalue weighted by Gasteiger charge is 2.25. The number of aromatic carboxylic acids is 1. The third-order valence-electron chi connectivity index (χ3n) is 3.68. The fourth-order valence-electron chi connectivity index (χ4n) is 2.32. The van der Waals surface area contributed by atoms with E-state index in [1.165, 1.54) is 50.7 Å². The van der Waals surface area contributed by atoms with Gasteiger partial charge in [-0.1, -0.05) is 50.7 Å². The second kappa shape index (κ2) is 8.54. The van der Waals surface area contributed by atoms with Gasteiger partial charge in [-0.05, 0) is 12.1 Å². The van der Waals surface area contributed by atoms with Crippen molar-refractivity contribution in [1.82, 2.24) is 0 Å². The molecule has 5 nitrogen and oxygen atoms in total. The van der Waals surface area contributed by atoms with Crippen molar-refractivity contribution < 1.29 is 24.2 Å². The van der Waals surface area contributed by atoms with Gasteiger partial charge in [0, 0.05) is 0 Å². The van der Waals surface area contributed by atoms with E-state index in [1.54, 1.807) is 12.1 Å². The largest absolute Gasteiger partial charge is 0.478 e. The predicted molar refractivity (Wildman–Crippen MR) is 81.1 cm³/mol. The van der Waals surface area contributed by atoms with Crippen LogP contribution in [0.25, 0.3) is 0 Å². The van der Waals surface area contributed by atoms with Crippen molar-refractivity contribution in [3.8, 4) is 0 Å². The van der Waals surface area contributed by atoms with E-state index in [4.69, 9.17) is 14.6 Å². The van der Waals surface area contributed by atoms with E-state index in [0.717, 1.165) is 0 Å². The fraction of sp³-hybridized carbons (Fsp3) is 0.529. The summed E-state index contributed by atoms with van der Waals surface area (Å²) in [5, 5.41) is 8.87. The number of hydrogen-bond acceptors (Lipinski definition) is 4. The van der Waals surface area contributed by atoms with Crippen molar-refractivity contribution in [2.24, 2.45) is 0 Å². The zero-order valence-corrected chi connectivity index (χ0v) is 12.6. The van der Waals surface area contributed by atoms with Crippen molar-refractivity contribution in [2.75, 3.05) is 13.2 Å². The Bertz CT molecular complexity index is 492. The van der Waals surface area contributed by atoms with Crippen LogP contribution in [0.4, 0.5) is 0 Å². The maximum atomic E-state index is 11.6. The van der Waals surface area contributed by atoms with Crippen LogP contribution in [0.5, 0.6) is 0 Å². The summed E-state index contributed by atoms with van der Waals surface area (Å²) in [7, 11) is 0. The molecule has 2 aliphatic rings. The fourth-order valence-corrected chi connectivity index (χ4v) is 2.32. The quantitative estimate of drug-likeness (QED) is 0.682. The van der Waals surface area contributed by atoms with Gasteiger partial charge in [-0.25, -0.2) is 9.59 Å². The summed E-state index contributed by atoms with van der Waals surface area (Å²) in [4.78, 5) is 22.4. The molecule has 1 heterocycles. The zero-order chi connectivity index (χ0) is 15.8. The molecule has 1 saturated heterocycles. The lowest BCUT2D eigenvalue weighted by Crippen LogP contribution is -2.14. The molecule has 1 unspecified atom stereocenters. The van der Waals surface area contributed by atoms with Gasteiger partial charge in [0.2, 0.25) is 0 Å². The molecule has 1 aliphatic heterocycles. The van der Waals surface area contributed by atoms with E-state index in [9.17, 15) is 9.59 Å². The maximum absolute atomic E-state index is 11.6. The van der Waals surface area contributed by atoms with Gasteiger partial charge in [0.15, 0.2) is 0 Å². The van der Waals surface area contributed by atoms with Crippen LogP contribution in [-0.2, 0) is 9.47 Å². The average Bonchev–Trinajstić information content (AvgIpc) is 3.39. The first kappa shape index (κ1) is 16.5. The lowest BCUT2D eigenvalue weighted by atomic mass is 10.0. The van der Waals surface area contributed by atoms with Gasteiger partial charge < -0.3 is 14.6 Å². The van der Waals surface area contributed by atoms with Crippen LogP contribution < -0.4 is 0 Å². The van der Waals surface area contributed by atoms with Gasteiger partial charge >= 0.3 is 11.9 Å². The van der Waals surface area contributed by atoms with Crippen LogP contribution in [0.1, 0.15) is 59.2 Å². The summed E-state index contributed by atoms with van der Waals surface area (Å²) >= 11 is 0. The molecule has 1 N–H and O–H groups in total. The highest BCUT2D eigenvalue weighted by Crippen LogP contribution is 2.15. The molecule has 0 spiro atoms. The molecule has 1 aromatic rings. The third-order valence-corrected chi connectivity index (χ3v) is 3.68. The molecule has 120 valence electrons. The van der Waals surface area contributed by atoms with Crippen LogP contribution in [0, 0.1) is 0 Å². The Morgan fingerprint density at radius 1 is 1.05 bits per heavy atom. The summed E-state index contributed by atoms with van der Waals surface area (Å²) in [5.41, 5.74) is 0.0138. The Balaban J connectivity index is 0.000000246. The lowest BCUT2D eigenvalue weighted by Gasteiger charge is -2.05. The minimum Gasteiger partial charge on any atom is -0.478 e. The Kier molecular flexibility index (Phi) is 6.40. The first-order valence-corrected chi connectivity index (χ1v) is 7.79. The first-order valence-electron chi connectivity index (χ1n) is 7.79. The molecular formula is C17H22O5. The normalized spacial score (nSPS) is 19.5. The van der Waals surface area contributed by atoms with Crippen LogP contribution >= 0.6 is 0 Å². The Labute approximate surface area is 130 Å². The number of carboxylic acids is 1. The highest BCUT2D eigenvalue weighted by atomic mass is 16.6. The van der Waals surface area contributed by atoms with Crippen molar-refractivity contribution in [3.63, 3.8) is 0 Å². The number of carboxylic acid groups (broad SMARTS) is 1. The van der Waals surface area contributed by atoms with Crippen LogP contribution in [0.15, 0.2) is 24.3 Å². The second-order valence-electron chi connectivity index (χ2n) is 5.53. The number of epoxide rings is 1. The number of esters is 1. The maximum Gasteiger partial charge on any atom is 0.339 e. The summed E-state index contributed by atoms with van der Waals surface area (Å²) in [6, 6.07) is 5.95. The molecule has 0 aromatic heterocycles. The Morgan fingerprint density at radius 2 is 1.55 bits per heavy atom. The van der Waals surface area contributed by atoms with Crippen molar-refractivity contribution in [3.05, 3.63) is 35.4 Å². The number of hydrogen-bond donors (Lipinski definition) is 1. The van der Waals surface area contributed by atoms with E-state index < -0.39 is 11.9 Å². The third kappa shape index (κ3) is 5.48. The van der Waals surface area contributed by atoms with E-state index >= 15 is 0 Å². The standard InChI is InChI=1S/C11H10O5.C6H12/c12-10(13)8-3-1-2-4-9(8)11(14)16-6-7-5-15-7;1-2-4-6-5-3-1/h1-4,7H,5-6H2,(H,12,13);1-6H2. The summed E-state index contributed by atoms with van der Waals surface area (Å²) < 4.78 is 9.79. The number of carbonyl (C=O) groups is 2. The van der Waals surface area contributed by atoms with Crippen molar-refractivity contribution in [2.45, 2.75) is 44.6 Å². The molecule has 1 aromatic carbocycles. The van der Waals surface area contributed by atoms with E-state index in [1.807, 2.05) is 0 Å².